The second-order valence-electron chi connectivity index (χ2n) is 2.68. The van der Waals surface area contributed by atoms with Crippen LogP contribution in [0.5, 0.6) is 0 Å². The van der Waals surface area contributed by atoms with E-state index in [2.05, 4.69) is 15.5 Å². The highest BCUT2D eigenvalue weighted by Crippen LogP contribution is 2.01. The molecule has 0 atom stereocenters. The summed E-state index contributed by atoms with van der Waals surface area (Å²) in [5.41, 5.74) is 0.488. The van der Waals surface area contributed by atoms with Gasteiger partial charge in [-0.2, -0.15) is 5.10 Å². The maximum Gasteiger partial charge on any atom is 0.269 e. The number of aromatic amines is 1. The smallest absolute Gasteiger partial charge is 0.269 e. The van der Waals surface area contributed by atoms with Gasteiger partial charge in [0.2, 0.25) is 0 Å². The van der Waals surface area contributed by atoms with E-state index in [4.69, 9.17) is 4.74 Å². The molecule has 2 heterocycles. The summed E-state index contributed by atoms with van der Waals surface area (Å²) in [5.74, 6) is -0.124. The predicted molar refractivity (Wildman–Crippen MR) is 40.7 cm³/mol. The Balaban J connectivity index is 1.92. The van der Waals surface area contributed by atoms with E-state index < -0.39 is 0 Å². The highest BCUT2D eigenvalue weighted by molar-refractivity contribution is 5.92. The van der Waals surface area contributed by atoms with E-state index >= 15 is 0 Å². The van der Waals surface area contributed by atoms with Crippen LogP contribution in [0.15, 0.2) is 12.3 Å². The van der Waals surface area contributed by atoms with Crippen LogP contribution in [-0.4, -0.2) is 35.4 Å². The SMILES string of the molecule is O=C(NC1COC1)c1ccn[nH]1. The average Bonchev–Trinajstić information content (AvgIpc) is 2.47. The number of carbonyl (C=O) groups is 1. The van der Waals surface area contributed by atoms with Gasteiger partial charge in [-0.15, -0.1) is 0 Å². The van der Waals surface area contributed by atoms with Crippen LogP contribution in [0.2, 0.25) is 0 Å². The zero-order valence-electron chi connectivity index (χ0n) is 6.41. The van der Waals surface area contributed by atoms with Gasteiger partial charge in [0.25, 0.3) is 5.91 Å². The molecule has 1 amide bonds. The fourth-order valence-electron chi connectivity index (χ4n) is 0.965. The molecule has 64 valence electrons. The van der Waals surface area contributed by atoms with Crippen LogP contribution in [0.25, 0.3) is 0 Å². The second-order valence-corrected chi connectivity index (χ2v) is 2.68. The number of amides is 1. The molecule has 12 heavy (non-hydrogen) atoms. The van der Waals surface area contributed by atoms with Gasteiger partial charge in [0, 0.05) is 6.20 Å². The largest absolute Gasteiger partial charge is 0.377 e. The lowest BCUT2D eigenvalue weighted by Crippen LogP contribution is -2.48. The first kappa shape index (κ1) is 7.30. The molecule has 1 aliphatic rings. The van der Waals surface area contributed by atoms with Crippen LogP contribution >= 0.6 is 0 Å². The first-order chi connectivity index (χ1) is 5.86. The first-order valence-corrected chi connectivity index (χ1v) is 3.74. The molecule has 0 aliphatic carbocycles. The van der Waals surface area contributed by atoms with Crippen molar-refractivity contribution >= 4 is 5.91 Å². The molecule has 0 bridgehead atoms. The van der Waals surface area contributed by atoms with Gasteiger partial charge in [0.05, 0.1) is 19.3 Å². The van der Waals surface area contributed by atoms with Crippen molar-refractivity contribution in [2.75, 3.05) is 13.2 Å². The average molecular weight is 167 g/mol. The van der Waals surface area contributed by atoms with Crippen LogP contribution in [-0.2, 0) is 4.74 Å². The molecule has 1 saturated heterocycles. The molecule has 0 unspecified atom stereocenters. The second kappa shape index (κ2) is 2.94. The number of aromatic nitrogens is 2. The molecule has 1 aromatic heterocycles. The number of hydrogen-bond donors (Lipinski definition) is 2. The van der Waals surface area contributed by atoms with Crippen molar-refractivity contribution in [1.29, 1.82) is 0 Å². The number of hydrogen-bond acceptors (Lipinski definition) is 3. The van der Waals surface area contributed by atoms with E-state index in [1.807, 2.05) is 0 Å². The maximum atomic E-state index is 11.3. The summed E-state index contributed by atoms with van der Waals surface area (Å²) in [7, 11) is 0. The van der Waals surface area contributed by atoms with Crippen molar-refractivity contribution < 1.29 is 9.53 Å². The number of rotatable bonds is 2. The molecule has 1 aromatic rings. The van der Waals surface area contributed by atoms with Crippen LogP contribution in [0, 0.1) is 0 Å². The molecule has 5 heteroatoms. The van der Waals surface area contributed by atoms with E-state index in [0.29, 0.717) is 18.9 Å². The zero-order chi connectivity index (χ0) is 8.39. The molecule has 0 spiro atoms. The summed E-state index contributed by atoms with van der Waals surface area (Å²) in [5, 5.41) is 9.05. The Morgan fingerprint density at radius 2 is 2.58 bits per heavy atom. The van der Waals surface area contributed by atoms with Crippen LogP contribution in [0.3, 0.4) is 0 Å². The number of nitrogens with one attached hydrogen (secondary N) is 2. The summed E-state index contributed by atoms with van der Waals surface area (Å²) < 4.78 is 4.91. The minimum absolute atomic E-state index is 0.124. The third-order valence-electron chi connectivity index (χ3n) is 1.72. The Kier molecular flexibility index (Phi) is 1.79. The quantitative estimate of drug-likeness (QED) is 0.626. The molecule has 2 rings (SSSR count). The van der Waals surface area contributed by atoms with E-state index in [1.165, 1.54) is 0 Å². The Hall–Kier alpha value is -1.36. The Labute approximate surface area is 69.1 Å². The number of H-pyrrole nitrogens is 1. The summed E-state index contributed by atoms with van der Waals surface area (Å²) in [6, 6.07) is 1.80. The first-order valence-electron chi connectivity index (χ1n) is 3.74. The molecular formula is C7H9N3O2. The highest BCUT2D eigenvalue weighted by atomic mass is 16.5. The number of ether oxygens (including phenoxy) is 1. The van der Waals surface area contributed by atoms with E-state index in [-0.39, 0.29) is 11.9 Å². The van der Waals surface area contributed by atoms with Crippen molar-refractivity contribution in [2.24, 2.45) is 0 Å². The van der Waals surface area contributed by atoms with Gasteiger partial charge < -0.3 is 10.1 Å². The van der Waals surface area contributed by atoms with Gasteiger partial charge in [-0.05, 0) is 6.07 Å². The topological polar surface area (TPSA) is 67.0 Å². The number of nitrogens with zero attached hydrogens (tertiary/aromatic N) is 1. The molecule has 0 radical (unpaired) electrons. The van der Waals surface area contributed by atoms with Gasteiger partial charge in [-0.3, -0.25) is 9.89 Å². The lowest BCUT2D eigenvalue weighted by Gasteiger charge is -2.26. The standard InChI is InChI=1S/C7H9N3O2/c11-7(6-1-2-8-10-6)9-5-3-12-4-5/h1-2,5H,3-4H2,(H,8,10)(H,9,11). The molecule has 0 aromatic carbocycles. The molecular weight excluding hydrogens is 158 g/mol. The third kappa shape index (κ3) is 1.31. The zero-order valence-corrected chi connectivity index (χ0v) is 6.41. The maximum absolute atomic E-state index is 11.3. The van der Waals surface area contributed by atoms with Crippen LogP contribution in [0.1, 0.15) is 10.5 Å². The molecule has 5 nitrogen and oxygen atoms in total. The predicted octanol–water partition coefficient (Wildman–Crippen LogP) is -0.462. The van der Waals surface area contributed by atoms with Crippen molar-refractivity contribution in [3.05, 3.63) is 18.0 Å². The minimum atomic E-state index is -0.124. The van der Waals surface area contributed by atoms with Crippen LogP contribution < -0.4 is 5.32 Å². The molecule has 1 fully saturated rings. The lowest BCUT2D eigenvalue weighted by molar-refractivity contribution is -0.00355. The van der Waals surface area contributed by atoms with Crippen LogP contribution in [0.4, 0.5) is 0 Å². The summed E-state index contributed by atoms with van der Waals surface area (Å²) in [6.45, 7) is 1.22. The summed E-state index contributed by atoms with van der Waals surface area (Å²) >= 11 is 0. The molecule has 1 aliphatic heterocycles. The fraction of sp³-hybridized carbons (Fsp3) is 0.429. The Morgan fingerprint density at radius 1 is 1.75 bits per heavy atom. The number of carbonyl (C=O) groups excluding carboxylic acids is 1. The lowest BCUT2D eigenvalue weighted by atomic mass is 10.2. The van der Waals surface area contributed by atoms with E-state index in [0.717, 1.165) is 0 Å². The van der Waals surface area contributed by atoms with Gasteiger partial charge in [-0.1, -0.05) is 0 Å². The van der Waals surface area contributed by atoms with E-state index in [9.17, 15) is 4.79 Å². The summed E-state index contributed by atoms with van der Waals surface area (Å²) in [4.78, 5) is 11.3. The molecule has 2 N–H and O–H groups in total. The van der Waals surface area contributed by atoms with Crippen molar-refractivity contribution in [3.8, 4) is 0 Å². The monoisotopic (exact) mass is 167 g/mol. The Morgan fingerprint density at radius 3 is 3.08 bits per heavy atom. The van der Waals surface area contributed by atoms with Crippen molar-refractivity contribution in [3.63, 3.8) is 0 Å². The van der Waals surface area contributed by atoms with Crippen molar-refractivity contribution in [2.45, 2.75) is 6.04 Å². The van der Waals surface area contributed by atoms with Gasteiger partial charge in [-0.25, -0.2) is 0 Å². The molecule has 0 saturated carbocycles. The van der Waals surface area contributed by atoms with Crippen molar-refractivity contribution in [1.82, 2.24) is 15.5 Å². The van der Waals surface area contributed by atoms with E-state index in [1.54, 1.807) is 12.3 Å². The third-order valence-corrected chi connectivity index (χ3v) is 1.72. The Bertz CT molecular complexity index is 266. The normalized spacial score (nSPS) is 17.0. The highest BCUT2D eigenvalue weighted by Gasteiger charge is 2.21. The van der Waals surface area contributed by atoms with Gasteiger partial charge in [0.15, 0.2) is 0 Å². The fourth-order valence-corrected chi connectivity index (χ4v) is 0.965. The minimum Gasteiger partial charge on any atom is -0.377 e. The van der Waals surface area contributed by atoms with Gasteiger partial charge in [0.1, 0.15) is 5.69 Å². The summed E-state index contributed by atoms with van der Waals surface area (Å²) in [6.07, 6.45) is 1.55. The van der Waals surface area contributed by atoms with Gasteiger partial charge >= 0.3 is 0 Å².